The minimum atomic E-state index is 0. The number of hydrogen-bond donors (Lipinski definition) is 2. The monoisotopic (exact) mass is 513 g/mol. The molecule has 1 heterocycles. The summed E-state index contributed by atoms with van der Waals surface area (Å²) in [5.41, 5.74) is 2.68. The van der Waals surface area contributed by atoms with Crippen molar-refractivity contribution in [3.8, 4) is 0 Å². The zero-order valence-electron chi connectivity index (χ0n) is 18.5. The summed E-state index contributed by atoms with van der Waals surface area (Å²) in [4.78, 5) is 9.94. The number of guanidine groups is 1. The predicted molar refractivity (Wildman–Crippen MR) is 134 cm³/mol. The number of rotatable bonds is 10. The van der Waals surface area contributed by atoms with Crippen molar-refractivity contribution in [2.75, 3.05) is 32.7 Å². The third kappa shape index (κ3) is 8.42. The maximum Gasteiger partial charge on any atom is 0.191 e. The minimum absolute atomic E-state index is 0. The van der Waals surface area contributed by atoms with Crippen LogP contribution < -0.4 is 10.6 Å². The van der Waals surface area contributed by atoms with Gasteiger partial charge in [0.2, 0.25) is 0 Å². The highest BCUT2D eigenvalue weighted by Gasteiger charge is 2.30. The largest absolute Gasteiger partial charge is 0.357 e. The van der Waals surface area contributed by atoms with Crippen molar-refractivity contribution in [3.05, 3.63) is 35.4 Å². The molecule has 3 rings (SSSR count). The van der Waals surface area contributed by atoms with Crippen molar-refractivity contribution in [1.82, 2.24) is 20.4 Å². The summed E-state index contributed by atoms with van der Waals surface area (Å²) in [5, 5.41) is 6.88. The van der Waals surface area contributed by atoms with E-state index in [-0.39, 0.29) is 24.0 Å². The number of nitrogens with one attached hydrogen (secondary N) is 2. The van der Waals surface area contributed by atoms with Crippen LogP contribution in [0.2, 0.25) is 0 Å². The molecule has 0 amide bonds. The molecule has 1 aliphatic heterocycles. The first kappa shape index (κ1) is 24.4. The second kappa shape index (κ2) is 12.7. The second-order valence-corrected chi connectivity index (χ2v) is 8.48. The van der Waals surface area contributed by atoms with Gasteiger partial charge in [-0.25, -0.2) is 4.99 Å². The summed E-state index contributed by atoms with van der Waals surface area (Å²) in [5.74, 6) is 0.920. The summed E-state index contributed by atoms with van der Waals surface area (Å²) < 4.78 is 0. The molecular weight excluding hydrogens is 473 g/mol. The van der Waals surface area contributed by atoms with Crippen LogP contribution in [0.5, 0.6) is 0 Å². The van der Waals surface area contributed by atoms with Gasteiger partial charge < -0.3 is 10.6 Å². The fraction of sp³-hybridized carbons (Fsp3) is 0.696. The van der Waals surface area contributed by atoms with Crippen LogP contribution in [0.15, 0.2) is 29.3 Å². The molecule has 0 radical (unpaired) electrons. The van der Waals surface area contributed by atoms with Crippen LogP contribution >= 0.6 is 24.0 Å². The number of hydrogen-bond acceptors (Lipinski definition) is 3. The van der Waals surface area contributed by atoms with E-state index in [1.165, 1.54) is 49.9 Å². The molecule has 1 aromatic carbocycles. The Morgan fingerprint density at radius 3 is 2.34 bits per heavy atom. The van der Waals surface area contributed by atoms with E-state index in [9.17, 15) is 0 Å². The van der Waals surface area contributed by atoms with Crippen molar-refractivity contribution >= 4 is 29.9 Å². The number of halogens is 1. The Hall–Kier alpha value is -0.860. The van der Waals surface area contributed by atoms with Gasteiger partial charge in [-0.2, -0.15) is 0 Å². The average Bonchev–Trinajstić information content (AvgIpc) is 3.39. The van der Waals surface area contributed by atoms with E-state index in [1.54, 1.807) is 0 Å². The molecule has 1 aromatic rings. The Bertz CT molecular complexity index is 604. The van der Waals surface area contributed by atoms with E-state index < -0.39 is 0 Å². The van der Waals surface area contributed by atoms with Gasteiger partial charge in [0.25, 0.3) is 0 Å². The molecule has 0 atom stereocenters. The molecule has 6 heteroatoms. The predicted octanol–water partition coefficient (Wildman–Crippen LogP) is 3.83. The molecular formula is C23H40IN5. The smallest absolute Gasteiger partial charge is 0.191 e. The second-order valence-electron chi connectivity index (χ2n) is 8.48. The van der Waals surface area contributed by atoms with Gasteiger partial charge in [-0.15, -0.1) is 24.0 Å². The molecule has 0 bridgehead atoms. The Kier molecular flexibility index (Phi) is 10.7. The fourth-order valence-electron chi connectivity index (χ4n) is 4.03. The molecule has 2 N–H and O–H groups in total. The van der Waals surface area contributed by atoms with E-state index in [0.29, 0.717) is 6.04 Å². The highest BCUT2D eigenvalue weighted by molar-refractivity contribution is 14.0. The molecule has 29 heavy (non-hydrogen) atoms. The van der Waals surface area contributed by atoms with Gasteiger partial charge >= 0.3 is 0 Å². The van der Waals surface area contributed by atoms with Gasteiger partial charge in [0.15, 0.2) is 5.96 Å². The van der Waals surface area contributed by atoms with E-state index in [4.69, 9.17) is 4.99 Å². The lowest BCUT2D eigenvalue weighted by Crippen LogP contribution is -2.43. The SMILES string of the molecule is CCNC(=NCc1ccc(CN2CCCC2)cc1)NCCN(C(C)C)C1CC1.I. The first-order valence-corrected chi connectivity index (χ1v) is 11.2. The zero-order valence-corrected chi connectivity index (χ0v) is 20.8. The number of likely N-dealkylation sites (tertiary alicyclic amines) is 1. The van der Waals surface area contributed by atoms with Crippen LogP contribution in [-0.4, -0.2) is 60.6 Å². The normalized spacial score (nSPS) is 17.6. The molecule has 5 nitrogen and oxygen atoms in total. The fourth-order valence-corrected chi connectivity index (χ4v) is 4.03. The van der Waals surface area contributed by atoms with Crippen molar-refractivity contribution in [2.24, 2.45) is 4.99 Å². The van der Waals surface area contributed by atoms with Gasteiger partial charge in [-0.1, -0.05) is 24.3 Å². The Balaban J connectivity index is 0.00000300. The van der Waals surface area contributed by atoms with Gasteiger partial charge in [0.05, 0.1) is 6.54 Å². The molecule has 1 saturated carbocycles. The summed E-state index contributed by atoms with van der Waals surface area (Å²) >= 11 is 0. The first-order valence-electron chi connectivity index (χ1n) is 11.2. The zero-order chi connectivity index (χ0) is 19.8. The van der Waals surface area contributed by atoms with Crippen molar-refractivity contribution < 1.29 is 0 Å². The number of nitrogens with zero attached hydrogens (tertiary/aromatic N) is 3. The summed E-state index contributed by atoms with van der Waals surface area (Å²) in [6, 6.07) is 10.4. The lowest BCUT2D eigenvalue weighted by molar-refractivity contribution is 0.215. The molecule has 1 aliphatic carbocycles. The molecule has 2 aliphatic rings. The maximum atomic E-state index is 4.78. The average molecular weight is 514 g/mol. The first-order chi connectivity index (χ1) is 13.7. The maximum absolute atomic E-state index is 4.78. The van der Waals surface area contributed by atoms with Crippen LogP contribution in [0.25, 0.3) is 0 Å². The van der Waals surface area contributed by atoms with E-state index in [1.807, 2.05) is 0 Å². The van der Waals surface area contributed by atoms with Gasteiger partial charge in [-0.3, -0.25) is 9.80 Å². The van der Waals surface area contributed by atoms with Crippen molar-refractivity contribution in [1.29, 1.82) is 0 Å². The lowest BCUT2D eigenvalue weighted by Gasteiger charge is -2.26. The van der Waals surface area contributed by atoms with Crippen LogP contribution in [0, 0.1) is 0 Å². The molecule has 2 fully saturated rings. The highest BCUT2D eigenvalue weighted by Crippen LogP contribution is 2.27. The summed E-state index contributed by atoms with van der Waals surface area (Å²) in [6.07, 6.45) is 5.42. The van der Waals surface area contributed by atoms with Crippen molar-refractivity contribution in [2.45, 2.75) is 71.6 Å². The van der Waals surface area contributed by atoms with Crippen LogP contribution in [0.1, 0.15) is 57.6 Å². The van der Waals surface area contributed by atoms with Gasteiger partial charge in [0.1, 0.15) is 0 Å². The lowest BCUT2D eigenvalue weighted by atomic mass is 10.1. The molecule has 1 saturated heterocycles. The quantitative estimate of drug-likeness (QED) is 0.284. The summed E-state index contributed by atoms with van der Waals surface area (Å²) in [6.45, 7) is 13.9. The third-order valence-electron chi connectivity index (χ3n) is 5.73. The summed E-state index contributed by atoms with van der Waals surface area (Å²) in [7, 11) is 0. The molecule has 164 valence electrons. The highest BCUT2D eigenvalue weighted by atomic mass is 127. The van der Waals surface area contributed by atoms with Crippen molar-refractivity contribution in [3.63, 3.8) is 0 Å². The van der Waals surface area contributed by atoms with Gasteiger partial charge in [-0.05, 0) is 70.7 Å². The van der Waals surface area contributed by atoms with Crippen LogP contribution in [0.3, 0.4) is 0 Å². The van der Waals surface area contributed by atoms with E-state index in [2.05, 4.69) is 65.5 Å². The number of aliphatic imine (C=N–C) groups is 1. The van der Waals surface area contributed by atoms with Crippen LogP contribution in [0.4, 0.5) is 0 Å². The Morgan fingerprint density at radius 1 is 1.10 bits per heavy atom. The number of benzene rings is 1. The minimum Gasteiger partial charge on any atom is -0.357 e. The molecule has 0 unspecified atom stereocenters. The van der Waals surface area contributed by atoms with E-state index in [0.717, 1.165) is 44.7 Å². The molecule has 0 aromatic heterocycles. The Morgan fingerprint density at radius 2 is 1.76 bits per heavy atom. The van der Waals surface area contributed by atoms with Gasteiger partial charge in [0, 0.05) is 38.3 Å². The topological polar surface area (TPSA) is 42.9 Å². The van der Waals surface area contributed by atoms with E-state index >= 15 is 0 Å². The van der Waals surface area contributed by atoms with Crippen LogP contribution in [-0.2, 0) is 13.1 Å². The standard InChI is InChI=1S/C23H39N5.HI/c1-4-24-23(25-13-16-28(19(2)3)22-11-12-22)26-17-20-7-9-21(10-8-20)18-27-14-5-6-15-27;/h7-10,19,22H,4-6,11-18H2,1-3H3,(H2,24,25,26);1H. The molecule has 0 spiro atoms. The third-order valence-corrected chi connectivity index (χ3v) is 5.73. The Labute approximate surface area is 194 Å².